The Morgan fingerprint density at radius 1 is 0.478 bits per heavy atom. The number of carbonyl (C=O) groups is 6. The number of H-pyrrole nitrogens is 1. The smallest absolute Gasteiger partial charge is 0.159 e. The maximum atomic E-state index is 13.7. The summed E-state index contributed by atoms with van der Waals surface area (Å²) in [4.78, 5) is 81.1. The average Bonchev–Trinajstić information content (AvgIpc) is 1.33. The Balaban J connectivity index is 0.000000135. The Labute approximate surface area is 554 Å². The quantitative estimate of drug-likeness (QED) is 0.153. The average molecular weight is 1340 g/mol. The van der Waals surface area contributed by atoms with Gasteiger partial charge >= 0.3 is 0 Å². The number of ketones is 6. The van der Waals surface area contributed by atoms with Crippen LogP contribution in [-0.2, 0) is 41.9 Å². The van der Waals surface area contributed by atoms with Gasteiger partial charge in [-0.3, -0.25) is 28.8 Å². The molecule has 4 N–H and O–H groups in total. The molecule has 0 unspecified atom stereocenters. The molecular weight excluding hydrogens is 1230 g/mol. The highest BCUT2D eigenvalue weighted by atomic mass is 79.9. The number of aromatic amines is 1. The van der Waals surface area contributed by atoms with Crippen LogP contribution in [0.5, 0.6) is 0 Å². The fourth-order valence-electron chi connectivity index (χ4n) is 24.7. The van der Waals surface area contributed by atoms with Gasteiger partial charge in [0.1, 0.15) is 36.2 Å². The van der Waals surface area contributed by atoms with Crippen LogP contribution >= 0.6 is 15.9 Å². The molecule has 0 aliphatic heterocycles. The van der Waals surface area contributed by atoms with Gasteiger partial charge in [-0.25, -0.2) is 4.68 Å². The van der Waals surface area contributed by atoms with Crippen LogP contribution in [0.2, 0.25) is 0 Å². The van der Waals surface area contributed by atoms with Gasteiger partial charge in [0.05, 0.1) is 53.1 Å². The molecule has 0 spiro atoms. The van der Waals surface area contributed by atoms with E-state index in [1.54, 1.807) is 41.9 Å². The number of nitrogens with one attached hydrogen (secondary N) is 1. The number of halogens is 1. The SMILES string of the molecule is C.C[C@@]1(O)CC[C@@]2(C)[C@@H](CC[C@H]3[C@@H]4CC[C@H](C(=O)CBr)[C@@]4(C)CC(=O)[C@@H]32)C1.C[C@@]1(O)CC[C@@]2(C)[C@@H](CC[C@H]3[C@@H]4CC[C@H](C(=O)Cn5ccnn5)[C@@]4(C)CC(=O)[C@@H]32)C1.C[C@@]1(O)CC[C@@]2(C)[C@@H](CC[C@H]3[C@@H]4CC[C@H](C(=O)Cn5nccn5)[C@@]4(C)CC(=O)[C@@H]32)C1.c1cn[nH]n1. The number of Topliss-reactive ketones (excluding diaryl/α,β-unsaturated/α-hetero) is 6. The summed E-state index contributed by atoms with van der Waals surface area (Å²) in [7, 11) is 0. The van der Waals surface area contributed by atoms with Gasteiger partial charge in [-0.1, -0.05) is 70.1 Å². The number of hydrogen-bond donors (Lipinski definition) is 4. The molecular formula is C73H110BrN9O9. The molecule has 12 fully saturated rings. The number of alkyl halides is 1. The molecule has 0 amide bonds. The van der Waals surface area contributed by atoms with E-state index in [0.717, 1.165) is 135 Å². The van der Waals surface area contributed by atoms with Gasteiger partial charge in [-0.2, -0.15) is 30.4 Å². The van der Waals surface area contributed by atoms with Crippen molar-refractivity contribution in [3.8, 4) is 0 Å². The molecule has 508 valence electrons. The van der Waals surface area contributed by atoms with Crippen LogP contribution in [0.1, 0.15) is 224 Å². The lowest BCUT2D eigenvalue weighted by Gasteiger charge is -2.60. The first-order valence-corrected chi connectivity index (χ1v) is 36.4. The molecule has 12 aliphatic carbocycles. The minimum atomic E-state index is -0.589. The van der Waals surface area contributed by atoms with Gasteiger partial charge in [0.25, 0.3) is 0 Å². The summed E-state index contributed by atoms with van der Waals surface area (Å²) in [5, 5.41) is 57.6. The third-order valence-corrected chi connectivity index (χ3v) is 29.6. The zero-order chi connectivity index (χ0) is 65.1. The summed E-state index contributed by atoms with van der Waals surface area (Å²) in [5.74, 6) is 6.07. The van der Waals surface area contributed by atoms with E-state index in [-0.39, 0.29) is 106 Å². The van der Waals surface area contributed by atoms with Crippen LogP contribution in [0.4, 0.5) is 0 Å². The fourth-order valence-corrected chi connectivity index (χ4v) is 25.1. The Hall–Kier alpha value is -4.20. The maximum absolute atomic E-state index is 13.7. The largest absolute Gasteiger partial charge is 0.390 e. The van der Waals surface area contributed by atoms with E-state index in [4.69, 9.17) is 0 Å². The van der Waals surface area contributed by atoms with Crippen molar-refractivity contribution < 1.29 is 44.1 Å². The van der Waals surface area contributed by atoms with Gasteiger partial charge in [-0.15, -0.1) is 5.10 Å². The van der Waals surface area contributed by atoms with Crippen molar-refractivity contribution in [2.24, 2.45) is 121 Å². The van der Waals surface area contributed by atoms with Gasteiger partial charge in [-0.05, 0) is 241 Å². The van der Waals surface area contributed by atoms with Crippen LogP contribution in [0, 0.1) is 121 Å². The van der Waals surface area contributed by atoms with Crippen molar-refractivity contribution in [3.63, 3.8) is 0 Å². The fraction of sp³-hybridized carbons (Fsp3) is 0.836. The van der Waals surface area contributed by atoms with E-state index in [0.29, 0.717) is 95.2 Å². The maximum Gasteiger partial charge on any atom is 0.159 e. The van der Waals surface area contributed by atoms with E-state index in [1.165, 1.54) is 4.80 Å². The number of carbonyl (C=O) groups excluding carboxylic acids is 6. The molecule has 12 aliphatic rings. The third kappa shape index (κ3) is 12.1. The number of aromatic nitrogens is 9. The van der Waals surface area contributed by atoms with Crippen molar-refractivity contribution in [2.45, 2.75) is 254 Å². The van der Waals surface area contributed by atoms with Crippen molar-refractivity contribution >= 4 is 50.6 Å². The summed E-state index contributed by atoms with van der Waals surface area (Å²) >= 11 is 3.36. The topological polar surface area (TPSA) is 266 Å². The van der Waals surface area contributed by atoms with Gasteiger partial charge in [0, 0.05) is 61.0 Å². The lowest BCUT2D eigenvalue weighted by Crippen LogP contribution is -2.59. The molecule has 0 radical (unpaired) electrons. The Kier molecular flexibility index (Phi) is 19.0. The molecule has 18 nitrogen and oxygen atoms in total. The molecule has 15 rings (SSSR count). The zero-order valence-electron chi connectivity index (χ0n) is 56.0. The van der Waals surface area contributed by atoms with E-state index < -0.39 is 16.8 Å². The second kappa shape index (κ2) is 25.3. The predicted octanol–water partition coefficient (Wildman–Crippen LogP) is 11.9. The van der Waals surface area contributed by atoms with E-state index in [9.17, 15) is 44.1 Å². The molecule has 0 bridgehead atoms. The normalized spacial score (nSPS) is 46.9. The third-order valence-electron chi connectivity index (χ3n) is 29.1. The van der Waals surface area contributed by atoms with Gasteiger partial charge in [0.2, 0.25) is 0 Å². The monoisotopic (exact) mass is 1340 g/mol. The van der Waals surface area contributed by atoms with Crippen molar-refractivity contribution in [3.05, 3.63) is 37.2 Å². The highest BCUT2D eigenvalue weighted by Gasteiger charge is 2.68. The Bertz CT molecular complexity index is 3010. The summed E-state index contributed by atoms with van der Waals surface area (Å²) in [6.07, 6.45) is 31.5. The number of hydrogen-bond acceptors (Lipinski definition) is 15. The van der Waals surface area contributed by atoms with Crippen molar-refractivity contribution in [1.82, 2.24) is 45.4 Å². The summed E-state index contributed by atoms with van der Waals surface area (Å²) < 4.78 is 1.60. The van der Waals surface area contributed by atoms with Crippen LogP contribution in [-0.4, -0.2) is 118 Å². The molecule has 3 heterocycles. The molecule has 24 atom stereocenters. The van der Waals surface area contributed by atoms with Crippen molar-refractivity contribution in [2.75, 3.05) is 5.33 Å². The van der Waals surface area contributed by atoms with Crippen LogP contribution < -0.4 is 0 Å². The molecule has 3 aromatic heterocycles. The molecule has 0 aromatic carbocycles. The zero-order valence-corrected chi connectivity index (χ0v) is 57.5. The molecule has 12 saturated carbocycles. The predicted molar refractivity (Wildman–Crippen MR) is 351 cm³/mol. The van der Waals surface area contributed by atoms with Crippen LogP contribution in [0.25, 0.3) is 0 Å². The second-order valence-electron chi connectivity index (χ2n) is 34.4. The van der Waals surface area contributed by atoms with Gasteiger partial charge < -0.3 is 15.3 Å². The van der Waals surface area contributed by atoms with E-state index in [2.05, 4.69) is 93.4 Å². The minimum Gasteiger partial charge on any atom is -0.390 e. The number of rotatable bonds is 8. The highest BCUT2D eigenvalue weighted by molar-refractivity contribution is 9.09. The number of aliphatic hydroxyl groups is 3. The first kappa shape index (κ1) is 69.2. The number of nitrogens with zero attached hydrogens (tertiary/aromatic N) is 8. The van der Waals surface area contributed by atoms with Crippen LogP contribution in [0.3, 0.4) is 0 Å². The summed E-state index contributed by atoms with van der Waals surface area (Å²) in [6, 6.07) is 0. The minimum absolute atomic E-state index is 0. The second-order valence-corrected chi connectivity index (χ2v) is 34.9. The van der Waals surface area contributed by atoms with Crippen LogP contribution in [0.15, 0.2) is 37.2 Å². The summed E-state index contributed by atoms with van der Waals surface area (Å²) in [5.41, 5.74) is -2.27. The molecule has 0 saturated heterocycles. The highest BCUT2D eigenvalue weighted by Crippen LogP contribution is 2.71. The number of fused-ring (bicyclic) bond motifs is 15. The van der Waals surface area contributed by atoms with Gasteiger partial charge in [0.15, 0.2) is 11.6 Å². The first-order valence-electron chi connectivity index (χ1n) is 35.3. The lowest BCUT2D eigenvalue weighted by atomic mass is 9.43. The first-order chi connectivity index (χ1) is 42.9. The standard InChI is InChI=1S/2C24H35N3O3.C22H33BrO3.C2H3N3.CH4/c1-22(30)8-9-23(2)15(12-22)4-5-16-17-6-7-18(20(29)14-27-11-10-25-26-27)24(17,3)13-19(28)21(16)23;1-22(30)8-9-23(2)15(12-22)4-5-16-17-6-7-18(20(29)14-27-25-10-11-26-27)24(17,3)13-19(28)21(16)23;1-20(26)8-9-21(2)13(10-20)4-5-14-15-6-7-16(18(25)12-23)22(15,3)11-17(24)19(14)21;1-2-4-5-3-1;/h2*10-11,15-18,21,30H,4-9,12-14H2,1-3H3;13-16,19,26H,4-12H2,1-3H3;1-2H,(H,3,4,5);1H4/t2*15-,16-,17-,18+,21+,22+,23-,24-;13-,14-,15-,16+,19+,20+,21-,22-;;/m000../s1. The molecule has 3 aromatic rings. The molecule has 92 heavy (non-hydrogen) atoms. The Morgan fingerprint density at radius 2 is 0.837 bits per heavy atom. The lowest BCUT2D eigenvalue weighted by molar-refractivity contribution is -0.169. The summed E-state index contributed by atoms with van der Waals surface area (Å²) in [6.45, 7) is 20.0. The molecule has 19 heteroatoms. The van der Waals surface area contributed by atoms with E-state index >= 15 is 0 Å². The van der Waals surface area contributed by atoms with Crippen molar-refractivity contribution in [1.29, 1.82) is 0 Å². The Morgan fingerprint density at radius 3 is 1.16 bits per heavy atom. The van der Waals surface area contributed by atoms with E-state index in [1.807, 2.05) is 20.8 Å².